The normalized spacial score (nSPS) is 10.4. The fourth-order valence-corrected chi connectivity index (χ4v) is 1.33. The average Bonchev–Trinajstić information content (AvgIpc) is 2.25. The van der Waals surface area contributed by atoms with Crippen LogP contribution < -0.4 is 10.6 Å². The highest BCUT2D eigenvalue weighted by molar-refractivity contribution is 5.54. The van der Waals surface area contributed by atoms with Crippen LogP contribution in [0.1, 0.15) is 27.2 Å². The molecule has 0 spiro atoms. The van der Waals surface area contributed by atoms with Gasteiger partial charge in [0.25, 0.3) is 5.69 Å². The molecule has 1 heterocycles. The molecular weight excluding hydrogens is 220 g/mol. The predicted molar refractivity (Wildman–Crippen MR) is 68.4 cm³/mol. The third-order valence-electron chi connectivity index (χ3n) is 2.01. The van der Waals surface area contributed by atoms with Gasteiger partial charge in [-0.3, -0.25) is 10.1 Å². The zero-order valence-electron chi connectivity index (χ0n) is 10.4. The average molecular weight is 238 g/mol. The van der Waals surface area contributed by atoms with Gasteiger partial charge in [0.15, 0.2) is 0 Å². The van der Waals surface area contributed by atoms with E-state index in [-0.39, 0.29) is 11.7 Å². The minimum Gasteiger partial charge on any atom is -0.370 e. The van der Waals surface area contributed by atoms with Gasteiger partial charge in [-0.15, -0.1) is 0 Å². The van der Waals surface area contributed by atoms with Gasteiger partial charge in [0, 0.05) is 12.6 Å². The Morgan fingerprint density at radius 1 is 1.41 bits per heavy atom. The molecule has 6 nitrogen and oxygen atoms in total. The first kappa shape index (κ1) is 13.2. The summed E-state index contributed by atoms with van der Waals surface area (Å²) in [5.74, 6) is 1.05. The van der Waals surface area contributed by atoms with Gasteiger partial charge < -0.3 is 10.6 Å². The van der Waals surface area contributed by atoms with Gasteiger partial charge >= 0.3 is 0 Å². The number of nitro groups is 1. The molecule has 1 rings (SSSR count). The highest BCUT2D eigenvalue weighted by Crippen LogP contribution is 2.21. The Bertz CT molecular complexity index is 393. The maximum absolute atomic E-state index is 10.8. The van der Waals surface area contributed by atoms with Gasteiger partial charge in [0.2, 0.25) is 0 Å². The van der Waals surface area contributed by atoms with Gasteiger partial charge in [0.1, 0.15) is 11.6 Å². The van der Waals surface area contributed by atoms with Crippen molar-refractivity contribution in [3.05, 3.63) is 22.2 Å². The van der Waals surface area contributed by atoms with Crippen molar-refractivity contribution in [2.24, 2.45) is 0 Å². The lowest BCUT2D eigenvalue weighted by Crippen LogP contribution is -2.12. The second-order valence-corrected chi connectivity index (χ2v) is 4.08. The van der Waals surface area contributed by atoms with E-state index in [1.807, 2.05) is 20.8 Å². The van der Waals surface area contributed by atoms with Crippen LogP contribution in [0.4, 0.5) is 17.3 Å². The van der Waals surface area contributed by atoms with E-state index in [1.54, 1.807) is 0 Å². The number of aromatic nitrogens is 1. The van der Waals surface area contributed by atoms with Crippen molar-refractivity contribution in [2.75, 3.05) is 17.2 Å². The molecular formula is C11H18N4O2. The Morgan fingerprint density at radius 3 is 2.59 bits per heavy atom. The lowest BCUT2D eigenvalue weighted by Gasteiger charge is -2.11. The van der Waals surface area contributed by atoms with E-state index in [1.165, 1.54) is 12.1 Å². The van der Waals surface area contributed by atoms with Crippen LogP contribution in [0, 0.1) is 10.1 Å². The molecule has 0 radical (unpaired) electrons. The van der Waals surface area contributed by atoms with Crippen LogP contribution in [0.15, 0.2) is 12.1 Å². The highest BCUT2D eigenvalue weighted by atomic mass is 16.6. The van der Waals surface area contributed by atoms with E-state index >= 15 is 0 Å². The summed E-state index contributed by atoms with van der Waals surface area (Å²) < 4.78 is 0. The van der Waals surface area contributed by atoms with E-state index < -0.39 is 4.92 Å². The Hall–Kier alpha value is -1.85. The van der Waals surface area contributed by atoms with Crippen molar-refractivity contribution >= 4 is 17.3 Å². The summed E-state index contributed by atoms with van der Waals surface area (Å²) in [6, 6.07) is 3.07. The van der Waals surface area contributed by atoms with Crippen molar-refractivity contribution in [1.82, 2.24) is 4.98 Å². The Morgan fingerprint density at radius 2 is 2.06 bits per heavy atom. The summed E-state index contributed by atoms with van der Waals surface area (Å²) >= 11 is 0. The quantitative estimate of drug-likeness (QED) is 0.588. The second kappa shape index (κ2) is 6.03. The molecule has 0 aliphatic carbocycles. The number of hydrogen-bond acceptors (Lipinski definition) is 5. The first-order valence-electron chi connectivity index (χ1n) is 5.69. The number of nitrogens with one attached hydrogen (secondary N) is 2. The highest BCUT2D eigenvalue weighted by Gasteiger charge is 2.11. The monoisotopic (exact) mass is 238 g/mol. The molecule has 1 aromatic heterocycles. The van der Waals surface area contributed by atoms with E-state index in [0.29, 0.717) is 11.6 Å². The van der Waals surface area contributed by atoms with Crippen molar-refractivity contribution < 1.29 is 4.92 Å². The Labute approximate surface area is 101 Å². The standard InChI is InChI=1S/C11H18N4O2/c1-4-5-12-10-6-9(15(16)17)7-11(14-10)13-8(2)3/h6-8H,4-5H2,1-3H3,(H2,12,13,14). The summed E-state index contributed by atoms with van der Waals surface area (Å²) in [5, 5.41) is 16.9. The van der Waals surface area contributed by atoms with Crippen LogP contribution >= 0.6 is 0 Å². The SMILES string of the molecule is CCCNc1cc([N+](=O)[O-])cc(NC(C)C)n1. The first-order chi connectivity index (χ1) is 8.02. The molecule has 0 bridgehead atoms. The molecule has 0 aliphatic heterocycles. The second-order valence-electron chi connectivity index (χ2n) is 4.08. The number of pyridine rings is 1. The fourth-order valence-electron chi connectivity index (χ4n) is 1.33. The summed E-state index contributed by atoms with van der Waals surface area (Å²) in [6.07, 6.45) is 0.942. The number of rotatable bonds is 6. The minimum absolute atomic E-state index is 0.0433. The third kappa shape index (κ3) is 4.26. The van der Waals surface area contributed by atoms with E-state index in [9.17, 15) is 10.1 Å². The van der Waals surface area contributed by atoms with Gasteiger partial charge in [-0.05, 0) is 20.3 Å². The predicted octanol–water partition coefficient (Wildman–Crippen LogP) is 2.63. The Kier molecular flexibility index (Phi) is 4.68. The van der Waals surface area contributed by atoms with E-state index in [0.717, 1.165) is 13.0 Å². The van der Waals surface area contributed by atoms with Gasteiger partial charge in [-0.1, -0.05) is 6.92 Å². The van der Waals surface area contributed by atoms with Crippen molar-refractivity contribution in [3.63, 3.8) is 0 Å². The summed E-state index contributed by atoms with van der Waals surface area (Å²) in [5.41, 5.74) is 0.0433. The van der Waals surface area contributed by atoms with Crippen LogP contribution in [0.2, 0.25) is 0 Å². The molecule has 0 saturated carbocycles. The van der Waals surface area contributed by atoms with Crippen LogP contribution in [0.25, 0.3) is 0 Å². The summed E-state index contributed by atoms with van der Waals surface area (Å²) in [7, 11) is 0. The Balaban J connectivity index is 2.96. The third-order valence-corrected chi connectivity index (χ3v) is 2.01. The zero-order valence-corrected chi connectivity index (χ0v) is 10.4. The zero-order chi connectivity index (χ0) is 12.8. The summed E-state index contributed by atoms with van der Waals surface area (Å²) in [4.78, 5) is 14.6. The number of nitrogens with zero attached hydrogens (tertiary/aromatic N) is 2. The van der Waals surface area contributed by atoms with Crippen molar-refractivity contribution in [2.45, 2.75) is 33.2 Å². The fraction of sp³-hybridized carbons (Fsp3) is 0.545. The lowest BCUT2D eigenvalue weighted by molar-refractivity contribution is -0.384. The molecule has 1 aromatic rings. The molecule has 17 heavy (non-hydrogen) atoms. The molecule has 0 aliphatic rings. The van der Waals surface area contributed by atoms with Crippen molar-refractivity contribution in [1.29, 1.82) is 0 Å². The van der Waals surface area contributed by atoms with Gasteiger partial charge in [-0.25, -0.2) is 4.98 Å². The molecule has 2 N–H and O–H groups in total. The maximum Gasteiger partial charge on any atom is 0.276 e. The molecule has 0 saturated heterocycles. The lowest BCUT2D eigenvalue weighted by atomic mass is 10.3. The maximum atomic E-state index is 10.8. The van der Waals surface area contributed by atoms with Crippen molar-refractivity contribution in [3.8, 4) is 0 Å². The largest absolute Gasteiger partial charge is 0.370 e. The smallest absolute Gasteiger partial charge is 0.276 e. The topological polar surface area (TPSA) is 80.1 Å². The molecule has 0 unspecified atom stereocenters. The minimum atomic E-state index is -0.412. The van der Waals surface area contributed by atoms with Crippen LogP contribution in [0.5, 0.6) is 0 Å². The molecule has 94 valence electrons. The molecule has 0 aromatic carbocycles. The number of hydrogen-bond donors (Lipinski definition) is 2. The van der Waals surface area contributed by atoms with Gasteiger partial charge in [-0.2, -0.15) is 0 Å². The molecule has 6 heteroatoms. The van der Waals surface area contributed by atoms with Crippen LogP contribution in [0.3, 0.4) is 0 Å². The van der Waals surface area contributed by atoms with E-state index in [4.69, 9.17) is 0 Å². The van der Waals surface area contributed by atoms with Gasteiger partial charge in [0.05, 0.1) is 17.1 Å². The van der Waals surface area contributed by atoms with E-state index in [2.05, 4.69) is 15.6 Å². The molecule has 0 fully saturated rings. The van der Waals surface area contributed by atoms with Crippen LogP contribution in [-0.2, 0) is 0 Å². The first-order valence-corrected chi connectivity index (χ1v) is 5.69. The van der Waals surface area contributed by atoms with Crippen LogP contribution in [-0.4, -0.2) is 22.5 Å². The molecule has 0 atom stereocenters. The number of anilines is 2. The summed E-state index contributed by atoms with van der Waals surface area (Å²) in [6.45, 7) is 6.69. The molecule has 0 amide bonds.